The average Bonchev–Trinajstić information content (AvgIpc) is 2.87. The number of hydrogen-bond acceptors (Lipinski definition) is 6. The average molecular weight is 250 g/mol. The molecule has 0 spiro atoms. The second kappa shape index (κ2) is 4.70. The Balaban J connectivity index is 2.45. The van der Waals surface area contributed by atoms with E-state index in [1.165, 1.54) is 14.2 Å². The summed E-state index contributed by atoms with van der Waals surface area (Å²) < 4.78 is 10.2. The van der Waals surface area contributed by atoms with Gasteiger partial charge in [0.1, 0.15) is 11.5 Å². The highest BCUT2D eigenvalue weighted by Crippen LogP contribution is 2.23. The van der Waals surface area contributed by atoms with E-state index in [1.807, 2.05) is 0 Å². The molecule has 1 aromatic carbocycles. The first-order valence-electron chi connectivity index (χ1n) is 4.91. The van der Waals surface area contributed by atoms with E-state index < -0.39 is 5.97 Å². The summed E-state index contributed by atoms with van der Waals surface area (Å²) in [7, 11) is 3.02. The van der Waals surface area contributed by atoms with E-state index in [4.69, 9.17) is 14.6 Å². The molecule has 8 heteroatoms. The highest BCUT2D eigenvalue weighted by atomic mass is 16.5. The molecule has 8 nitrogen and oxygen atoms in total. The maximum Gasteiger partial charge on any atom is 0.377 e. The Kier molecular flexibility index (Phi) is 3.09. The lowest BCUT2D eigenvalue weighted by Gasteiger charge is -2.06. The second-order valence-corrected chi connectivity index (χ2v) is 3.28. The lowest BCUT2D eigenvalue weighted by molar-refractivity contribution is 0.0683. The number of ether oxygens (including phenoxy) is 2. The number of benzene rings is 1. The van der Waals surface area contributed by atoms with Crippen molar-refractivity contribution in [2.75, 3.05) is 14.2 Å². The SMILES string of the molecule is COc1cc(OC)cc(-n2nnc(C(=O)O)n2)c1. The number of nitrogens with zero attached hydrogens (tertiary/aromatic N) is 4. The van der Waals surface area contributed by atoms with E-state index in [2.05, 4.69) is 15.4 Å². The van der Waals surface area contributed by atoms with E-state index in [9.17, 15) is 4.79 Å². The standard InChI is InChI=1S/C10H10N4O4/c1-17-7-3-6(4-8(5-7)18-2)14-12-9(10(15)16)11-13-14/h3-5H,1-2H3,(H,15,16). The van der Waals surface area contributed by atoms with E-state index in [-0.39, 0.29) is 5.82 Å². The zero-order valence-corrected chi connectivity index (χ0v) is 9.69. The van der Waals surface area contributed by atoms with Crippen LogP contribution in [0.3, 0.4) is 0 Å². The molecular weight excluding hydrogens is 240 g/mol. The molecule has 0 atom stereocenters. The molecule has 0 saturated heterocycles. The molecule has 0 bridgehead atoms. The number of aromatic carboxylic acids is 1. The predicted octanol–water partition coefficient (Wildman–Crippen LogP) is 0.378. The van der Waals surface area contributed by atoms with Crippen LogP contribution in [0, 0.1) is 0 Å². The van der Waals surface area contributed by atoms with Gasteiger partial charge in [-0.25, -0.2) is 4.79 Å². The van der Waals surface area contributed by atoms with Crippen LogP contribution < -0.4 is 9.47 Å². The van der Waals surface area contributed by atoms with Gasteiger partial charge in [-0.2, -0.15) is 0 Å². The van der Waals surface area contributed by atoms with Crippen molar-refractivity contribution >= 4 is 5.97 Å². The van der Waals surface area contributed by atoms with Crippen LogP contribution in [0.5, 0.6) is 11.5 Å². The maximum absolute atomic E-state index is 10.7. The van der Waals surface area contributed by atoms with Gasteiger partial charge in [-0.05, 0) is 5.21 Å². The first-order chi connectivity index (χ1) is 8.63. The fraction of sp³-hybridized carbons (Fsp3) is 0.200. The lowest BCUT2D eigenvalue weighted by Crippen LogP contribution is -2.03. The minimum absolute atomic E-state index is 0.378. The molecule has 0 radical (unpaired) electrons. The molecule has 2 rings (SSSR count). The van der Waals surface area contributed by atoms with Crippen LogP contribution in [0.4, 0.5) is 0 Å². The van der Waals surface area contributed by atoms with Crippen molar-refractivity contribution in [3.63, 3.8) is 0 Å². The van der Waals surface area contributed by atoms with Crippen LogP contribution in [0.25, 0.3) is 5.69 Å². The van der Waals surface area contributed by atoms with Crippen molar-refractivity contribution in [2.45, 2.75) is 0 Å². The molecule has 1 N–H and O–H groups in total. The third kappa shape index (κ3) is 2.21. The molecule has 0 aliphatic heterocycles. The number of hydrogen-bond donors (Lipinski definition) is 1. The van der Waals surface area contributed by atoms with Gasteiger partial charge in [-0.1, -0.05) is 0 Å². The molecule has 18 heavy (non-hydrogen) atoms. The van der Waals surface area contributed by atoms with Gasteiger partial charge in [0.05, 0.1) is 19.9 Å². The minimum Gasteiger partial charge on any atom is -0.497 e. The third-order valence-corrected chi connectivity index (χ3v) is 2.17. The smallest absolute Gasteiger partial charge is 0.377 e. The van der Waals surface area contributed by atoms with Crippen LogP contribution in [0.1, 0.15) is 10.6 Å². The molecule has 2 aromatic rings. The molecule has 0 aliphatic carbocycles. The van der Waals surface area contributed by atoms with Crippen LogP contribution >= 0.6 is 0 Å². The Morgan fingerprint density at radius 3 is 2.28 bits per heavy atom. The zero-order valence-electron chi connectivity index (χ0n) is 9.69. The maximum atomic E-state index is 10.7. The van der Waals surface area contributed by atoms with Gasteiger partial charge in [0.2, 0.25) is 0 Å². The molecule has 1 aromatic heterocycles. The van der Waals surface area contributed by atoms with Gasteiger partial charge in [0.15, 0.2) is 0 Å². The summed E-state index contributed by atoms with van der Waals surface area (Å²) in [6.45, 7) is 0. The molecule has 0 unspecified atom stereocenters. The summed E-state index contributed by atoms with van der Waals surface area (Å²) in [5.74, 6) is -0.537. The van der Waals surface area contributed by atoms with Crippen LogP contribution in [-0.2, 0) is 0 Å². The lowest BCUT2D eigenvalue weighted by atomic mass is 10.3. The van der Waals surface area contributed by atoms with Gasteiger partial charge >= 0.3 is 5.97 Å². The summed E-state index contributed by atoms with van der Waals surface area (Å²) >= 11 is 0. The summed E-state index contributed by atoms with van der Waals surface area (Å²) in [4.78, 5) is 11.8. The van der Waals surface area contributed by atoms with Gasteiger partial charge in [0.25, 0.3) is 5.82 Å². The largest absolute Gasteiger partial charge is 0.497 e. The van der Waals surface area contributed by atoms with Gasteiger partial charge in [-0.15, -0.1) is 15.0 Å². The second-order valence-electron chi connectivity index (χ2n) is 3.28. The van der Waals surface area contributed by atoms with Gasteiger partial charge < -0.3 is 14.6 Å². The molecular formula is C10H10N4O4. The molecule has 0 aliphatic rings. The number of tetrazole rings is 1. The summed E-state index contributed by atoms with van der Waals surface area (Å²) in [5, 5.41) is 19.5. The Bertz CT molecular complexity index is 559. The van der Waals surface area contributed by atoms with E-state index in [1.54, 1.807) is 18.2 Å². The van der Waals surface area contributed by atoms with Crippen LogP contribution in [0.2, 0.25) is 0 Å². The van der Waals surface area contributed by atoms with Crippen molar-refractivity contribution in [2.24, 2.45) is 0 Å². The highest BCUT2D eigenvalue weighted by molar-refractivity contribution is 5.82. The molecule has 94 valence electrons. The Labute approximate surface area is 102 Å². The van der Waals surface area contributed by atoms with E-state index in [0.717, 1.165) is 4.80 Å². The number of aromatic nitrogens is 4. The summed E-state index contributed by atoms with van der Waals surface area (Å²) in [6.07, 6.45) is 0. The van der Waals surface area contributed by atoms with Crippen molar-refractivity contribution in [3.8, 4) is 17.2 Å². The molecule has 0 fully saturated rings. The van der Waals surface area contributed by atoms with Crippen LogP contribution in [-0.4, -0.2) is 45.5 Å². The summed E-state index contributed by atoms with van der Waals surface area (Å²) in [6, 6.07) is 4.95. The molecule has 0 saturated carbocycles. The number of carboxylic acids is 1. The van der Waals surface area contributed by atoms with Crippen molar-refractivity contribution in [1.82, 2.24) is 20.2 Å². The molecule has 1 heterocycles. The normalized spacial score (nSPS) is 10.1. The predicted molar refractivity (Wildman–Crippen MR) is 59.2 cm³/mol. The Morgan fingerprint density at radius 2 is 1.83 bits per heavy atom. The fourth-order valence-corrected chi connectivity index (χ4v) is 1.32. The summed E-state index contributed by atoms with van der Waals surface area (Å²) in [5.41, 5.74) is 0.492. The number of carbonyl (C=O) groups is 1. The number of carboxylic acid groups (broad SMARTS) is 1. The monoisotopic (exact) mass is 250 g/mol. The minimum atomic E-state index is -1.24. The zero-order chi connectivity index (χ0) is 13.1. The third-order valence-electron chi connectivity index (χ3n) is 2.17. The first kappa shape index (κ1) is 11.8. The van der Waals surface area contributed by atoms with Gasteiger partial charge in [-0.3, -0.25) is 0 Å². The Hall–Kier alpha value is -2.64. The number of methoxy groups -OCH3 is 2. The van der Waals surface area contributed by atoms with E-state index >= 15 is 0 Å². The Morgan fingerprint density at radius 1 is 1.22 bits per heavy atom. The quantitative estimate of drug-likeness (QED) is 0.837. The highest BCUT2D eigenvalue weighted by Gasteiger charge is 2.12. The number of rotatable bonds is 4. The van der Waals surface area contributed by atoms with Crippen LogP contribution in [0.15, 0.2) is 18.2 Å². The topological polar surface area (TPSA) is 99.4 Å². The first-order valence-corrected chi connectivity index (χ1v) is 4.91. The van der Waals surface area contributed by atoms with Gasteiger partial charge in [0, 0.05) is 18.2 Å². The molecule has 0 amide bonds. The van der Waals surface area contributed by atoms with Crippen molar-refractivity contribution in [1.29, 1.82) is 0 Å². The van der Waals surface area contributed by atoms with E-state index in [0.29, 0.717) is 17.2 Å². The fourth-order valence-electron chi connectivity index (χ4n) is 1.32. The van der Waals surface area contributed by atoms with Crippen molar-refractivity contribution < 1.29 is 19.4 Å². The van der Waals surface area contributed by atoms with Crippen molar-refractivity contribution in [3.05, 3.63) is 24.0 Å².